The van der Waals surface area contributed by atoms with Gasteiger partial charge in [-0.1, -0.05) is 17.7 Å². The molecule has 5 heteroatoms. The second kappa shape index (κ2) is 7.22. The lowest BCUT2D eigenvalue weighted by molar-refractivity contribution is 0.500. The molecule has 1 aromatic heterocycles. The fourth-order valence-corrected chi connectivity index (χ4v) is 2.84. The van der Waals surface area contributed by atoms with Crippen molar-refractivity contribution >= 4 is 11.6 Å². The van der Waals surface area contributed by atoms with E-state index in [-0.39, 0.29) is 0 Å². The van der Waals surface area contributed by atoms with Crippen LogP contribution in [-0.4, -0.2) is 32.1 Å². The van der Waals surface area contributed by atoms with Gasteiger partial charge in [-0.05, 0) is 37.6 Å². The lowest BCUT2D eigenvalue weighted by atomic mass is 10.2. The Balaban J connectivity index is 1.51. The highest BCUT2D eigenvalue weighted by Gasteiger charge is 2.23. The molecule has 1 aliphatic rings. The minimum absolute atomic E-state index is 0.402. The van der Waals surface area contributed by atoms with E-state index in [1.807, 2.05) is 12.1 Å². The molecule has 122 valence electrons. The molecular formula is C18H24N4O. The number of anilines is 1. The van der Waals surface area contributed by atoms with Gasteiger partial charge in [0, 0.05) is 31.9 Å². The summed E-state index contributed by atoms with van der Waals surface area (Å²) in [6.45, 7) is 4.81. The molecule has 0 amide bonds. The Morgan fingerprint density at radius 2 is 2.13 bits per heavy atom. The SMILES string of the molecule is CN=C(NCc1ccco1)NC1CCN(c2ccc(C)cc2)C1. The third-order valence-electron chi connectivity index (χ3n) is 4.16. The Hall–Kier alpha value is -2.43. The van der Waals surface area contributed by atoms with E-state index in [9.17, 15) is 0 Å². The minimum atomic E-state index is 0.402. The van der Waals surface area contributed by atoms with Crippen molar-refractivity contribution in [3.8, 4) is 0 Å². The van der Waals surface area contributed by atoms with E-state index in [1.165, 1.54) is 11.3 Å². The Morgan fingerprint density at radius 3 is 2.83 bits per heavy atom. The number of aliphatic imine (C=N–C) groups is 1. The summed E-state index contributed by atoms with van der Waals surface area (Å²) in [5.41, 5.74) is 2.59. The second-order valence-electron chi connectivity index (χ2n) is 5.92. The van der Waals surface area contributed by atoms with E-state index in [4.69, 9.17) is 4.42 Å². The van der Waals surface area contributed by atoms with Crippen LogP contribution in [0.3, 0.4) is 0 Å². The zero-order valence-electron chi connectivity index (χ0n) is 13.7. The van der Waals surface area contributed by atoms with Gasteiger partial charge in [-0.3, -0.25) is 4.99 Å². The summed E-state index contributed by atoms with van der Waals surface area (Å²) in [5, 5.41) is 6.78. The summed E-state index contributed by atoms with van der Waals surface area (Å²) < 4.78 is 5.33. The first-order valence-corrected chi connectivity index (χ1v) is 8.06. The predicted molar refractivity (Wildman–Crippen MR) is 93.8 cm³/mol. The van der Waals surface area contributed by atoms with Crippen LogP contribution in [0.1, 0.15) is 17.7 Å². The molecule has 0 radical (unpaired) electrons. The van der Waals surface area contributed by atoms with Crippen molar-refractivity contribution in [2.24, 2.45) is 4.99 Å². The largest absolute Gasteiger partial charge is 0.467 e. The molecule has 1 unspecified atom stereocenters. The van der Waals surface area contributed by atoms with Crippen molar-refractivity contribution in [2.75, 3.05) is 25.0 Å². The van der Waals surface area contributed by atoms with Crippen molar-refractivity contribution in [3.05, 3.63) is 54.0 Å². The van der Waals surface area contributed by atoms with Crippen LogP contribution in [0.5, 0.6) is 0 Å². The van der Waals surface area contributed by atoms with Crippen LogP contribution in [0.4, 0.5) is 5.69 Å². The zero-order valence-corrected chi connectivity index (χ0v) is 13.7. The average molecular weight is 312 g/mol. The molecule has 3 rings (SSSR count). The molecule has 2 aromatic rings. The predicted octanol–water partition coefficient (Wildman–Crippen LogP) is 2.53. The highest BCUT2D eigenvalue weighted by Crippen LogP contribution is 2.20. The maximum atomic E-state index is 5.33. The molecule has 0 bridgehead atoms. The molecule has 2 N–H and O–H groups in total. The quantitative estimate of drug-likeness (QED) is 0.673. The van der Waals surface area contributed by atoms with Crippen molar-refractivity contribution in [3.63, 3.8) is 0 Å². The first-order valence-electron chi connectivity index (χ1n) is 8.06. The van der Waals surface area contributed by atoms with E-state index in [2.05, 4.69) is 51.7 Å². The molecule has 1 atom stereocenters. The standard InChI is InChI=1S/C18H24N4O/c1-14-5-7-16(8-6-14)22-10-9-15(13-22)21-18(19-2)20-12-17-4-3-11-23-17/h3-8,11,15H,9-10,12-13H2,1-2H3,(H2,19,20,21). The highest BCUT2D eigenvalue weighted by atomic mass is 16.3. The number of hydrogen-bond acceptors (Lipinski definition) is 3. The molecule has 1 aromatic carbocycles. The van der Waals surface area contributed by atoms with E-state index in [1.54, 1.807) is 13.3 Å². The Kier molecular flexibility index (Phi) is 4.86. The molecule has 1 fully saturated rings. The fourth-order valence-electron chi connectivity index (χ4n) is 2.84. The summed E-state index contributed by atoms with van der Waals surface area (Å²) in [5.74, 6) is 1.72. The fraction of sp³-hybridized carbons (Fsp3) is 0.389. The molecule has 1 saturated heterocycles. The Labute approximate surface area is 137 Å². The number of benzene rings is 1. The Bertz CT molecular complexity index is 634. The van der Waals surface area contributed by atoms with Gasteiger partial charge in [0.2, 0.25) is 0 Å². The van der Waals surface area contributed by atoms with Gasteiger partial charge in [0.25, 0.3) is 0 Å². The van der Waals surface area contributed by atoms with Crippen LogP contribution in [0, 0.1) is 6.92 Å². The van der Waals surface area contributed by atoms with Gasteiger partial charge in [-0.15, -0.1) is 0 Å². The summed E-state index contributed by atoms with van der Waals surface area (Å²) in [6.07, 6.45) is 2.79. The van der Waals surface area contributed by atoms with Crippen LogP contribution in [0.25, 0.3) is 0 Å². The van der Waals surface area contributed by atoms with E-state index >= 15 is 0 Å². The van der Waals surface area contributed by atoms with E-state index < -0.39 is 0 Å². The number of nitrogens with one attached hydrogen (secondary N) is 2. The summed E-state index contributed by atoms with van der Waals surface area (Å²) in [7, 11) is 1.80. The number of nitrogens with zero attached hydrogens (tertiary/aromatic N) is 2. The normalized spacial score (nSPS) is 18.3. The maximum Gasteiger partial charge on any atom is 0.191 e. The van der Waals surface area contributed by atoms with Crippen LogP contribution < -0.4 is 15.5 Å². The van der Waals surface area contributed by atoms with E-state index in [0.717, 1.165) is 31.2 Å². The third kappa shape index (κ3) is 4.06. The molecule has 0 aliphatic carbocycles. The zero-order chi connectivity index (χ0) is 16.1. The van der Waals surface area contributed by atoms with E-state index in [0.29, 0.717) is 12.6 Å². The number of rotatable bonds is 4. The van der Waals surface area contributed by atoms with Crippen LogP contribution >= 0.6 is 0 Å². The number of guanidine groups is 1. The average Bonchev–Trinajstić information content (AvgIpc) is 3.24. The molecule has 1 aliphatic heterocycles. The summed E-state index contributed by atoms with van der Waals surface area (Å²) in [6, 6.07) is 13.0. The van der Waals surface area contributed by atoms with Gasteiger partial charge in [0.15, 0.2) is 5.96 Å². The molecule has 0 saturated carbocycles. The number of aryl methyl sites for hydroxylation is 1. The number of hydrogen-bond donors (Lipinski definition) is 2. The summed E-state index contributed by atoms with van der Waals surface area (Å²) in [4.78, 5) is 6.71. The van der Waals surface area contributed by atoms with Crippen molar-refractivity contribution in [2.45, 2.75) is 25.9 Å². The highest BCUT2D eigenvalue weighted by molar-refractivity contribution is 5.80. The molecule has 5 nitrogen and oxygen atoms in total. The van der Waals surface area contributed by atoms with Gasteiger partial charge >= 0.3 is 0 Å². The lowest BCUT2D eigenvalue weighted by Gasteiger charge is -2.20. The van der Waals surface area contributed by atoms with Crippen LogP contribution in [0.15, 0.2) is 52.1 Å². The van der Waals surface area contributed by atoms with Gasteiger partial charge in [0.1, 0.15) is 5.76 Å². The topological polar surface area (TPSA) is 52.8 Å². The molecule has 0 spiro atoms. The molecular weight excluding hydrogens is 288 g/mol. The van der Waals surface area contributed by atoms with Gasteiger partial charge in [-0.25, -0.2) is 0 Å². The maximum absolute atomic E-state index is 5.33. The molecule has 23 heavy (non-hydrogen) atoms. The van der Waals surface area contributed by atoms with Crippen LogP contribution in [-0.2, 0) is 6.54 Å². The van der Waals surface area contributed by atoms with Crippen LogP contribution in [0.2, 0.25) is 0 Å². The monoisotopic (exact) mass is 312 g/mol. The van der Waals surface area contributed by atoms with Crippen molar-refractivity contribution < 1.29 is 4.42 Å². The first kappa shape index (κ1) is 15.5. The second-order valence-corrected chi connectivity index (χ2v) is 5.92. The first-order chi connectivity index (χ1) is 11.2. The van der Waals surface area contributed by atoms with Gasteiger partial charge in [0.05, 0.1) is 12.8 Å². The lowest BCUT2D eigenvalue weighted by Crippen LogP contribution is -2.44. The van der Waals surface area contributed by atoms with Crippen molar-refractivity contribution in [1.82, 2.24) is 10.6 Å². The molecule has 2 heterocycles. The third-order valence-corrected chi connectivity index (χ3v) is 4.16. The Morgan fingerprint density at radius 1 is 1.30 bits per heavy atom. The number of furan rings is 1. The van der Waals surface area contributed by atoms with Gasteiger partial charge in [-0.2, -0.15) is 0 Å². The van der Waals surface area contributed by atoms with Gasteiger partial charge < -0.3 is 20.0 Å². The minimum Gasteiger partial charge on any atom is -0.467 e. The van der Waals surface area contributed by atoms with Crippen molar-refractivity contribution in [1.29, 1.82) is 0 Å². The smallest absolute Gasteiger partial charge is 0.191 e. The summed E-state index contributed by atoms with van der Waals surface area (Å²) >= 11 is 0.